The summed E-state index contributed by atoms with van der Waals surface area (Å²) in [4.78, 5) is 12.7. The average Bonchev–Trinajstić information content (AvgIpc) is 2.96. The Bertz CT molecular complexity index is 920. The summed E-state index contributed by atoms with van der Waals surface area (Å²) in [5, 5.41) is 3.30. The van der Waals surface area contributed by atoms with Gasteiger partial charge >= 0.3 is 0 Å². The van der Waals surface area contributed by atoms with Crippen molar-refractivity contribution < 1.29 is 17.9 Å². The molecular weight excluding hydrogens is 424 g/mol. The van der Waals surface area contributed by atoms with E-state index >= 15 is 0 Å². The van der Waals surface area contributed by atoms with Crippen LogP contribution in [-0.4, -0.2) is 44.4 Å². The van der Waals surface area contributed by atoms with Crippen molar-refractivity contribution in [2.75, 3.05) is 19.7 Å². The van der Waals surface area contributed by atoms with Crippen LogP contribution < -0.4 is 10.1 Å². The Balaban J connectivity index is 1.70. The van der Waals surface area contributed by atoms with E-state index in [1.165, 1.54) is 16.4 Å². The van der Waals surface area contributed by atoms with Crippen LogP contribution in [0.5, 0.6) is 5.75 Å². The molecule has 162 valence electrons. The largest absolute Gasteiger partial charge is 0.494 e. The van der Waals surface area contributed by atoms with Gasteiger partial charge in [-0.05, 0) is 68.5 Å². The number of hydrogen-bond acceptors (Lipinski definition) is 4. The molecule has 1 heterocycles. The van der Waals surface area contributed by atoms with Gasteiger partial charge in [0.1, 0.15) is 11.8 Å². The van der Waals surface area contributed by atoms with Gasteiger partial charge in [0.2, 0.25) is 15.9 Å². The second-order valence-electron chi connectivity index (χ2n) is 7.24. The molecule has 30 heavy (non-hydrogen) atoms. The van der Waals surface area contributed by atoms with Gasteiger partial charge in [0.15, 0.2) is 0 Å². The molecule has 1 amide bonds. The molecule has 1 fully saturated rings. The average molecular weight is 451 g/mol. The number of hydrogen-bond donors (Lipinski definition) is 1. The topological polar surface area (TPSA) is 75.7 Å². The predicted molar refractivity (Wildman–Crippen MR) is 117 cm³/mol. The number of amides is 1. The lowest BCUT2D eigenvalue weighted by molar-refractivity contribution is -0.124. The third kappa shape index (κ3) is 5.97. The molecule has 0 bridgehead atoms. The third-order valence-electron chi connectivity index (χ3n) is 5.06. The van der Waals surface area contributed by atoms with Gasteiger partial charge in [-0.2, -0.15) is 4.31 Å². The first-order valence-corrected chi connectivity index (χ1v) is 12.0. The van der Waals surface area contributed by atoms with Crippen molar-refractivity contribution >= 4 is 27.5 Å². The highest BCUT2D eigenvalue weighted by molar-refractivity contribution is 7.89. The van der Waals surface area contributed by atoms with Gasteiger partial charge < -0.3 is 10.1 Å². The van der Waals surface area contributed by atoms with Crippen molar-refractivity contribution in [1.82, 2.24) is 9.62 Å². The molecule has 0 aromatic heterocycles. The van der Waals surface area contributed by atoms with Crippen molar-refractivity contribution in [3.05, 3.63) is 59.6 Å². The zero-order chi connectivity index (χ0) is 21.4. The number of para-hydroxylation sites is 1. The van der Waals surface area contributed by atoms with Crippen LogP contribution in [0.15, 0.2) is 59.5 Å². The molecule has 0 aliphatic carbocycles. The first kappa shape index (κ1) is 22.6. The van der Waals surface area contributed by atoms with E-state index in [1.807, 2.05) is 30.3 Å². The number of halogens is 1. The molecule has 1 N–H and O–H groups in total. The van der Waals surface area contributed by atoms with Gasteiger partial charge in [0.25, 0.3) is 0 Å². The molecule has 3 rings (SSSR count). The number of sulfonamides is 1. The fourth-order valence-corrected chi connectivity index (χ4v) is 5.24. The highest BCUT2D eigenvalue weighted by atomic mass is 35.5. The summed E-state index contributed by atoms with van der Waals surface area (Å²) in [6.07, 6.45) is 3.42. The summed E-state index contributed by atoms with van der Waals surface area (Å²) < 4.78 is 33.8. The molecule has 0 spiro atoms. The maximum absolute atomic E-state index is 13.4. The Kier molecular flexibility index (Phi) is 8.13. The maximum atomic E-state index is 13.4. The van der Waals surface area contributed by atoms with Crippen molar-refractivity contribution in [3.63, 3.8) is 0 Å². The van der Waals surface area contributed by atoms with Gasteiger partial charge in [-0.3, -0.25) is 4.79 Å². The molecule has 2 aromatic rings. The summed E-state index contributed by atoms with van der Waals surface area (Å²) in [5.41, 5.74) is 0. The molecule has 6 nitrogen and oxygen atoms in total. The van der Waals surface area contributed by atoms with Crippen LogP contribution in [0, 0.1) is 0 Å². The second kappa shape index (κ2) is 10.8. The molecule has 1 aliphatic heterocycles. The summed E-state index contributed by atoms with van der Waals surface area (Å²) in [6, 6.07) is 14.9. The lowest BCUT2D eigenvalue weighted by atomic mass is 10.1. The van der Waals surface area contributed by atoms with Gasteiger partial charge in [-0.1, -0.05) is 29.8 Å². The van der Waals surface area contributed by atoms with E-state index in [0.29, 0.717) is 37.4 Å². The van der Waals surface area contributed by atoms with Crippen molar-refractivity contribution in [2.24, 2.45) is 0 Å². The first-order chi connectivity index (χ1) is 14.5. The molecule has 0 unspecified atom stereocenters. The highest BCUT2D eigenvalue weighted by Crippen LogP contribution is 2.24. The van der Waals surface area contributed by atoms with E-state index in [1.54, 1.807) is 12.1 Å². The summed E-state index contributed by atoms with van der Waals surface area (Å²) in [7, 11) is -3.83. The smallest absolute Gasteiger partial charge is 0.243 e. The number of nitrogens with zero attached hydrogens (tertiary/aromatic N) is 1. The fraction of sp³-hybridized carbons (Fsp3) is 0.409. The van der Waals surface area contributed by atoms with Crippen LogP contribution in [0.25, 0.3) is 0 Å². The van der Waals surface area contributed by atoms with Crippen LogP contribution in [0.1, 0.15) is 32.1 Å². The normalized spacial score (nSPS) is 17.4. The molecule has 1 saturated heterocycles. The SMILES string of the molecule is O=C1NCCCC[C@H]1N(CCCCOc1ccccc1)S(=O)(=O)c1ccc(Cl)cc1. The summed E-state index contributed by atoms with van der Waals surface area (Å²) >= 11 is 5.92. The number of rotatable bonds is 9. The fourth-order valence-electron chi connectivity index (χ4n) is 3.46. The van der Waals surface area contributed by atoms with E-state index in [-0.39, 0.29) is 17.3 Å². The Labute approximate surface area is 183 Å². The monoisotopic (exact) mass is 450 g/mol. The number of unbranched alkanes of at least 4 members (excludes halogenated alkanes) is 1. The van der Waals surface area contributed by atoms with E-state index < -0.39 is 16.1 Å². The zero-order valence-corrected chi connectivity index (χ0v) is 18.4. The minimum Gasteiger partial charge on any atom is -0.494 e. The molecular formula is C22H27ClN2O4S. The number of nitrogens with one attached hydrogen (secondary N) is 1. The minimum atomic E-state index is -3.83. The van der Waals surface area contributed by atoms with Gasteiger partial charge in [-0.25, -0.2) is 8.42 Å². The van der Waals surface area contributed by atoms with Crippen LogP contribution in [0.3, 0.4) is 0 Å². The molecule has 2 aromatic carbocycles. The molecule has 0 saturated carbocycles. The van der Waals surface area contributed by atoms with Crippen LogP contribution >= 0.6 is 11.6 Å². The Morgan fingerprint density at radius 3 is 2.50 bits per heavy atom. The summed E-state index contributed by atoms with van der Waals surface area (Å²) in [5.74, 6) is 0.553. The second-order valence-corrected chi connectivity index (χ2v) is 9.57. The van der Waals surface area contributed by atoms with Crippen LogP contribution in [-0.2, 0) is 14.8 Å². The van der Waals surface area contributed by atoms with E-state index in [4.69, 9.17) is 16.3 Å². The highest BCUT2D eigenvalue weighted by Gasteiger charge is 2.36. The van der Waals surface area contributed by atoms with Gasteiger partial charge in [0, 0.05) is 18.1 Å². The Morgan fingerprint density at radius 2 is 1.77 bits per heavy atom. The van der Waals surface area contributed by atoms with Gasteiger partial charge in [-0.15, -0.1) is 0 Å². The third-order valence-corrected chi connectivity index (χ3v) is 7.23. The number of carbonyl (C=O) groups is 1. The van der Waals surface area contributed by atoms with Crippen molar-refractivity contribution in [2.45, 2.75) is 43.0 Å². The lowest BCUT2D eigenvalue weighted by Gasteiger charge is -2.29. The van der Waals surface area contributed by atoms with Crippen LogP contribution in [0.2, 0.25) is 5.02 Å². The van der Waals surface area contributed by atoms with Crippen LogP contribution in [0.4, 0.5) is 0 Å². The number of carbonyl (C=O) groups excluding carboxylic acids is 1. The number of benzene rings is 2. The maximum Gasteiger partial charge on any atom is 0.243 e. The zero-order valence-electron chi connectivity index (χ0n) is 16.8. The van der Waals surface area contributed by atoms with E-state index in [9.17, 15) is 13.2 Å². The Hall–Kier alpha value is -2.09. The lowest BCUT2D eigenvalue weighted by Crippen LogP contribution is -2.49. The minimum absolute atomic E-state index is 0.143. The van der Waals surface area contributed by atoms with E-state index in [0.717, 1.165) is 18.6 Å². The predicted octanol–water partition coefficient (Wildman–Crippen LogP) is 3.86. The first-order valence-electron chi connectivity index (χ1n) is 10.2. The summed E-state index contributed by atoms with van der Waals surface area (Å²) in [6.45, 7) is 1.31. The Morgan fingerprint density at radius 1 is 1.03 bits per heavy atom. The molecule has 8 heteroatoms. The molecule has 1 atom stereocenters. The number of ether oxygens (including phenoxy) is 1. The molecule has 1 aliphatic rings. The standard InChI is InChI=1S/C22H27ClN2O4S/c23-18-11-13-20(14-12-18)30(27,28)25(21-10-4-5-15-24-22(21)26)16-6-7-17-29-19-8-2-1-3-9-19/h1-3,8-9,11-14,21H,4-7,10,15-17H2,(H,24,26)/t21-/m1/s1. The van der Waals surface area contributed by atoms with Gasteiger partial charge in [0.05, 0.1) is 11.5 Å². The quantitative estimate of drug-likeness (QED) is 0.588. The molecule has 0 radical (unpaired) electrons. The van der Waals surface area contributed by atoms with Crippen molar-refractivity contribution in [3.8, 4) is 5.75 Å². The van der Waals surface area contributed by atoms with E-state index in [2.05, 4.69) is 5.32 Å². The van der Waals surface area contributed by atoms with Crippen molar-refractivity contribution in [1.29, 1.82) is 0 Å².